The van der Waals surface area contributed by atoms with Crippen LogP contribution >= 0.6 is 7.92 Å². The molecular weight excluding hydrogens is 427 g/mol. The van der Waals surface area contributed by atoms with E-state index in [2.05, 4.69) is 25.5 Å². The zero-order valence-electron chi connectivity index (χ0n) is 23.2. The molecule has 0 aromatic heterocycles. The number of hydrogen-bond donors (Lipinski definition) is 1. The molecule has 4 heteroatoms. The van der Waals surface area contributed by atoms with E-state index >= 15 is 0 Å². The molecule has 0 aliphatic heterocycles. The molecule has 3 nitrogen and oxygen atoms in total. The molecule has 0 amide bonds. The smallest absolute Gasteiger partial charge is 0.450 e. The highest BCUT2D eigenvalue weighted by atomic mass is 31.1. The number of hydrogen-bond acceptors (Lipinski definition) is 2. The van der Waals surface area contributed by atoms with Gasteiger partial charge in [0.05, 0.1) is 6.61 Å². The summed E-state index contributed by atoms with van der Waals surface area (Å²) in [5, 5.41) is 7.92. The Morgan fingerprint density at radius 1 is 0.515 bits per heavy atom. The predicted octanol–water partition coefficient (Wildman–Crippen LogP) is 11.0. The summed E-state index contributed by atoms with van der Waals surface area (Å²) in [6.07, 6.45) is 31.8. The van der Waals surface area contributed by atoms with Crippen molar-refractivity contribution >= 4 is 14.1 Å². The van der Waals surface area contributed by atoms with Crippen LogP contribution in [0.4, 0.5) is 4.79 Å². The van der Waals surface area contributed by atoms with Crippen molar-refractivity contribution in [1.29, 1.82) is 0 Å². The molecule has 200 valence electrons. The Kier molecular flexibility index (Phi) is 33.5. The summed E-state index contributed by atoms with van der Waals surface area (Å²) < 4.78 is 4.20. The van der Waals surface area contributed by atoms with Crippen LogP contribution in [-0.2, 0) is 4.74 Å². The zero-order chi connectivity index (χ0) is 24.8. The van der Waals surface area contributed by atoms with Crippen LogP contribution in [0.3, 0.4) is 0 Å². The fourth-order valence-electron chi connectivity index (χ4n) is 3.99. The first-order chi connectivity index (χ1) is 16.1. The topological polar surface area (TPSA) is 46.5 Å². The van der Waals surface area contributed by atoms with Crippen molar-refractivity contribution in [3.05, 3.63) is 0 Å². The average molecular weight is 489 g/mol. The van der Waals surface area contributed by atoms with Gasteiger partial charge >= 0.3 is 6.16 Å². The van der Waals surface area contributed by atoms with Gasteiger partial charge in [-0.05, 0) is 44.2 Å². The summed E-state index contributed by atoms with van der Waals surface area (Å²) in [6.45, 7) is 9.26. The summed E-state index contributed by atoms with van der Waals surface area (Å²) in [4.78, 5) is 9.65. The van der Waals surface area contributed by atoms with Crippen molar-refractivity contribution in [3.8, 4) is 0 Å². The summed E-state index contributed by atoms with van der Waals surface area (Å²) in [5.41, 5.74) is 0. The number of ether oxygens (including phenoxy) is 1. The van der Waals surface area contributed by atoms with Gasteiger partial charge in [-0.1, -0.05) is 130 Å². The molecular formula is C29H61O3P. The highest BCUT2D eigenvalue weighted by Crippen LogP contribution is 2.39. The second-order valence-corrected chi connectivity index (χ2v) is 12.3. The van der Waals surface area contributed by atoms with E-state index in [1.807, 2.05) is 6.92 Å². The Labute approximate surface area is 210 Å². The minimum atomic E-state index is -1.18. The third kappa shape index (κ3) is 33.9. The summed E-state index contributed by atoms with van der Waals surface area (Å²) >= 11 is 0. The first-order valence-corrected chi connectivity index (χ1v) is 16.6. The van der Waals surface area contributed by atoms with E-state index in [-0.39, 0.29) is 0 Å². The molecule has 0 fully saturated rings. The normalized spacial score (nSPS) is 10.8. The van der Waals surface area contributed by atoms with Gasteiger partial charge < -0.3 is 9.84 Å². The van der Waals surface area contributed by atoms with Crippen molar-refractivity contribution in [2.24, 2.45) is 0 Å². The van der Waals surface area contributed by atoms with Gasteiger partial charge in [-0.15, -0.1) is 7.92 Å². The molecule has 0 unspecified atom stereocenters. The third-order valence-corrected chi connectivity index (χ3v) is 9.05. The van der Waals surface area contributed by atoms with Gasteiger partial charge in [0.15, 0.2) is 0 Å². The summed E-state index contributed by atoms with van der Waals surface area (Å²) in [6, 6.07) is 0. The van der Waals surface area contributed by atoms with Crippen LogP contribution in [0.1, 0.15) is 156 Å². The minimum absolute atomic E-state index is 0.325. The highest BCUT2D eigenvalue weighted by Gasteiger charge is 2.07. The molecule has 0 bridgehead atoms. The van der Waals surface area contributed by atoms with Gasteiger partial charge in [-0.2, -0.15) is 0 Å². The molecule has 0 saturated heterocycles. The van der Waals surface area contributed by atoms with E-state index in [0.717, 1.165) is 12.8 Å². The van der Waals surface area contributed by atoms with Gasteiger partial charge in [0.2, 0.25) is 0 Å². The van der Waals surface area contributed by atoms with Crippen LogP contribution in [0.2, 0.25) is 0 Å². The maximum Gasteiger partial charge on any atom is 0.505 e. The van der Waals surface area contributed by atoms with Crippen molar-refractivity contribution in [2.45, 2.75) is 156 Å². The number of rotatable bonds is 24. The second-order valence-electron chi connectivity index (χ2n) is 9.61. The van der Waals surface area contributed by atoms with Gasteiger partial charge in [0, 0.05) is 0 Å². The quantitative estimate of drug-likeness (QED) is 0.0834. The molecule has 0 rings (SSSR count). The number of carboxylic acid groups (broad SMARTS) is 1. The molecule has 0 atom stereocenters. The summed E-state index contributed by atoms with van der Waals surface area (Å²) in [7, 11) is 0.366. The Bertz CT molecular complexity index is 325. The fraction of sp³-hybridized carbons (Fsp3) is 0.966. The van der Waals surface area contributed by atoms with Crippen LogP contribution in [-0.4, -0.2) is 36.4 Å². The van der Waals surface area contributed by atoms with Crippen LogP contribution in [0.25, 0.3) is 0 Å². The highest BCUT2D eigenvalue weighted by molar-refractivity contribution is 7.57. The predicted molar refractivity (Wildman–Crippen MR) is 151 cm³/mol. The molecule has 0 heterocycles. The monoisotopic (exact) mass is 488 g/mol. The third-order valence-electron chi connectivity index (χ3n) is 6.21. The molecule has 33 heavy (non-hydrogen) atoms. The van der Waals surface area contributed by atoms with Gasteiger partial charge in [-0.25, -0.2) is 4.79 Å². The molecule has 0 saturated carbocycles. The largest absolute Gasteiger partial charge is 0.505 e. The van der Waals surface area contributed by atoms with Gasteiger partial charge in [0.25, 0.3) is 0 Å². The van der Waals surface area contributed by atoms with Gasteiger partial charge in [0.1, 0.15) is 0 Å². The van der Waals surface area contributed by atoms with E-state index < -0.39 is 6.16 Å². The number of unbranched alkanes of at least 4 members (excludes halogenated alkanes) is 16. The lowest BCUT2D eigenvalue weighted by Crippen LogP contribution is -2.00. The molecule has 0 radical (unpaired) electrons. The van der Waals surface area contributed by atoms with Crippen molar-refractivity contribution < 1.29 is 14.6 Å². The van der Waals surface area contributed by atoms with Crippen LogP contribution < -0.4 is 0 Å². The Hall–Kier alpha value is -0.300. The molecule has 1 N–H and O–H groups in total. The van der Waals surface area contributed by atoms with Crippen molar-refractivity contribution in [1.82, 2.24) is 0 Å². The standard InChI is InChI=1S/C24H51P.C5H10O3/c1-4-7-10-13-16-19-22-25(23-20-17-14-11-8-5-2)24-21-18-15-12-9-6-3;1-2-3-4-8-5(6)7/h4-24H2,1-3H3;2-4H2,1H3,(H,6,7). The lowest BCUT2D eigenvalue weighted by Gasteiger charge is -2.18. The lowest BCUT2D eigenvalue weighted by atomic mass is 10.1. The maximum atomic E-state index is 9.65. The second kappa shape index (κ2) is 31.7. The minimum Gasteiger partial charge on any atom is -0.450 e. The van der Waals surface area contributed by atoms with E-state index in [1.165, 1.54) is 116 Å². The zero-order valence-corrected chi connectivity index (χ0v) is 24.1. The first kappa shape index (κ1) is 34.9. The van der Waals surface area contributed by atoms with Crippen molar-refractivity contribution in [2.75, 3.05) is 25.1 Å². The van der Waals surface area contributed by atoms with E-state index in [9.17, 15) is 4.79 Å². The van der Waals surface area contributed by atoms with Crippen LogP contribution in [0, 0.1) is 0 Å². The molecule has 0 aromatic rings. The number of carbonyl (C=O) groups is 1. The average Bonchev–Trinajstić information content (AvgIpc) is 2.80. The van der Waals surface area contributed by atoms with E-state index in [0.29, 0.717) is 14.5 Å². The molecule has 0 spiro atoms. The Balaban J connectivity index is 0. The van der Waals surface area contributed by atoms with Gasteiger partial charge in [-0.3, -0.25) is 0 Å². The van der Waals surface area contributed by atoms with E-state index in [1.54, 1.807) is 18.5 Å². The molecule has 0 aliphatic rings. The Morgan fingerprint density at radius 3 is 1.12 bits per heavy atom. The SMILES string of the molecule is CCCCCCCCP(CCCCCCCC)CCCCCCCC.CCCCOC(=O)O. The van der Waals surface area contributed by atoms with Crippen molar-refractivity contribution in [3.63, 3.8) is 0 Å². The molecule has 0 aromatic carbocycles. The maximum absolute atomic E-state index is 9.65. The lowest BCUT2D eigenvalue weighted by molar-refractivity contribution is 0.0905. The molecule has 0 aliphatic carbocycles. The fourth-order valence-corrected chi connectivity index (χ4v) is 6.67. The first-order valence-electron chi connectivity index (χ1n) is 14.7. The van der Waals surface area contributed by atoms with Crippen LogP contribution in [0.15, 0.2) is 0 Å². The van der Waals surface area contributed by atoms with E-state index in [4.69, 9.17) is 5.11 Å². The Morgan fingerprint density at radius 2 is 0.818 bits per heavy atom. The van der Waals surface area contributed by atoms with Crippen LogP contribution in [0.5, 0.6) is 0 Å². The summed E-state index contributed by atoms with van der Waals surface area (Å²) in [5.74, 6) is 0.